The van der Waals surface area contributed by atoms with Gasteiger partial charge in [0.05, 0.1) is 11.4 Å². The van der Waals surface area contributed by atoms with Crippen LogP contribution in [-0.2, 0) is 9.59 Å². The lowest BCUT2D eigenvalue weighted by Gasteiger charge is -2.06. The summed E-state index contributed by atoms with van der Waals surface area (Å²) in [5, 5.41) is 7.51. The molecule has 1 heterocycles. The molecule has 0 saturated carbocycles. The number of hydrogen-bond donors (Lipinski definition) is 2. The molecular formula is C19H16BrN3O2S2. The molecule has 0 aliphatic heterocycles. The molecule has 1 aromatic heterocycles. The summed E-state index contributed by atoms with van der Waals surface area (Å²) >= 11 is 6.35. The molecule has 0 spiro atoms. The van der Waals surface area contributed by atoms with E-state index in [0.717, 1.165) is 20.1 Å². The molecule has 0 fully saturated rings. The zero-order valence-electron chi connectivity index (χ0n) is 14.4. The Hall–Kier alpha value is -2.16. The van der Waals surface area contributed by atoms with Gasteiger partial charge in [-0.15, -0.1) is 11.3 Å². The Morgan fingerprint density at radius 2 is 1.67 bits per heavy atom. The van der Waals surface area contributed by atoms with Gasteiger partial charge in [-0.2, -0.15) is 0 Å². The molecule has 8 heteroatoms. The molecule has 0 bridgehead atoms. The van der Waals surface area contributed by atoms with Crippen LogP contribution in [0.2, 0.25) is 0 Å². The first-order valence-corrected chi connectivity index (χ1v) is 10.7. The van der Waals surface area contributed by atoms with Gasteiger partial charge in [0.1, 0.15) is 0 Å². The Balaban J connectivity index is 1.52. The summed E-state index contributed by atoms with van der Waals surface area (Å²) in [6, 6.07) is 15.0. The molecule has 5 nitrogen and oxygen atoms in total. The number of rotatable bonds is 6. The minimum atomic E-state index is -0.130. The average molecular weight is 462 g/mol. The summed E-state index contributed by atoms with van der Waals surface area (Å²) in [6.07, 6.45) is 0. The van der Waals surface area contributed by atoms with Crippen LogP contribution in [-0.4, -0.2) is 22.6 Å². The quantitative estimate of drug-likeness (QED) is 0.490. The number of nitrogens with one attached hydrogen (secondary N) is 2. The van der Waals surface area contributed by atoms with Crippen LogP contribution in [0.15, 0.2) is 62.7 Å². The van der Waals surface area contributed by atoms with Crippen LogP contribution >= 0.6 is 39.0 Å². The molecule has 27 heavy (non-hydrogen) atoms. The molecule has 3 aromatic rings. The Morgan fingerprint density at radius 3 is 2.30 bits per heavy atom. The van der Waals surface area contributed by atoms with Gasteiger partial charge in [-0.25, -0.2) is 4.98 Å². The van der Waals surface area contributed by atoms with E-state index >= 15 is 0 Å². The van der Waals surface area contributed by atoms with E-state index in [2.05, 4.69) is 31.5 Å². The van der Waals surface area contributed by atoms with Crippen molar-refractivity contribution in [1.29, 1.82) is 0 Å². The fourth-order valence-corrected chi connectivity index (χ4v) is 4.14. The zero-order valence-corrected chi connectivity index (χ0v) is 17.6. The molecule has 0 saturated heterocycles. The number of carbonyl (C=O) groups is 2. The molecule has 3 rings (SSSR count). The third kappa shape index (κ3) is 5.92. The van der Waals surface area contributed by atoms with E-state index < -0.39 is 0 Å². The fraction of sp³-hybridized carbons (Fsp3) is 0.105. The van der Waals surface area contributed by atoms with E-state index in [4.69, 9.17) is 0 Å². The molecule has 138 valence electrons. The number of anilines is 2. The second kappa shape index (κ2) is 9.16. The Labute approximate surface area is 173 Å². The van der Waals surface area contributed by atoms with Gasteiger partial charge in [0, 0.05) is 33.7 Å². The van der Waals surface area contributed by atoms with Gasteiger partial charge in [0.25, 0.3) is 0 Å². The normalized spacial score (nSPS) is 10.4. The summed E-state index contributed by atoms with van der Waals surface area (Å²) < 4.78 is 1.88. The SMILES string of the molecule is CC(=O)Nc1ccc(NC(=O)CSc2nc(-c3ccc(Br)cc3)cs2)cc1. The second-order valence-corrected chi connectivity index (χ2v) is 8.60. The highest BCUT2D eigenvalue weighted by Gasteiger charge is 2.09. The highest BCUT2D eigenvalue weighted by molar-refractivity contribution is 9.10. The third-order valence-electron chi connectivity index (χ3n) is 3.44. The van der Waals surface area contributed by atoms with Crippen molar-refractivity contribution in [2.24, 2.45) is 0 Å². The predicted octanol–water partition coefficient (Wildman–Crippen LogP) is 5.26. The highest BCUT2D eigenvalue weighted by Crippen LogP contribution is 2.29. The first kappa shape index (κ1) is 19.6. The van der Waals surface area contributed by atoms with Gasteiger partial charge in [-0.1, -0.05) is 39.8 Å². The maximum atomic E-state index is 12.1. The number of aromatic nitrogens is 1. The standard InChI is InChI=1S/C19H16BrN3O2S2/c1-12(24)21-15-6-8-16(9-7-15)22-18(25)11-27-19-23-17(10-26-19)13-2-4-14(20)5-3-13/h2-10H,11H2,1H3,(H,21,24)(H,22,25). The number of hydrogen-bond acceptors (Lipinski definition) is 5. The van der Waals surface area contributed by atoms with Crippen molar-refractivity contribution in [1.82, 2.24) is 4.98 Å². The lowest BCUT2D eigenvalue weighted by molar-refractivity contribution is -0.114. The van der Waals surface area contributed by atoms with E-state index in [-0.39, 0.29) is 17.6 Å². The van der Waals surface area contributed by atoms with Crippen molar-refractivity contribution in [2.45, 2.75) is 11.3 Å². The van der Waals surface area contributed by atoms with Crippen LogP contribution in [0.4, 0.5) is 11.4 Å². The number of nitrogens with zero attached hydrogens (tertiary/aromatic N) is 1. The summed E-state index contributed by atoms with van der Waals surface area (Å²) in [6.45, 7) is 1.45. The van der Waals surface area contributed by atoms with E-state index in [1.807, 2.05) is 29.6 Å². The van der Waals surface area contributed by atoms with Gasteiger partial charge in [0.2, 0.25) is 11.8 Å². The highest BCUT2D eigenvalue weighted by atomic mass is 79.9. The van der Waals surface area contributed by atoms with E-state index in [1.165, 1.54) is 30.0 Å². The first-order valence-electron chi connectivity index (χ1n) is 8.01. The Morgan fingerprint density at radius 1 is 1.04 bits per heavy atom. The van der Waals surface area contributed by atoms with Crippen LogP contribution in [0, 0.1) is 0 Å². The van der Waals surface area contributed by atoms with Crippen molar-refractivity contribution >= 4 is 62.2 Å². The minimum Gasteiger partial charge on any atom is -0.326 e. The largest absolute Gasteiger partial charge is 0.326 e. The predicted molar refractivity (Wildman–Crippen MR) is 115 cm³/mol. The van der Waals surface area contributed by atoms with E-state index in [9.17, 15) is 9.59 Å². The second-order valence-electron chi connectivity index (χ2n) is 5.60. The van der Waals surface area contributed by atoms with E-state index in [1.54, 1.807) is 24.3 Å². The van der Waals surface area contributed by atoms with Crippen LogP contribution in [0.3, 0.4) is 0 Å². The molecule has 0 aliphatic carbocycles. The maximum Gasteiger partial charge on any atom is 0.234 e. The van der Waals surface area contributed by atoms with E-state index in [0.29, 0.717) is 11.4 Å². The molecule has 0 radical (unpaired) electrons. The van der Waals surface area contributed by atoms with Gasteiger partial charge < -0.3 is 10.6 Å². The van der Waals surface area contributed by atoms with Crippen LogP contribution < -0.4 is 10.6 Å². The number of benzene rings is 2. The molecule has 2 N–H and O–H groups in total. The zero-order chi connectivity index (χ0) is 19.2. The summed E-state index contributed by atoms with van der Waals surface area (Å²) in [7, 11) is 0. The van der Waals surface area contributed by atoms with Gasteiger partial charge in [-0.05, 0) is 36.4 Å². The monoisotopic (exact) mass is 461 g/mol. The number of thioether (sulfide) groups is 1. The maximum absolute atomic E-state index is 12.1. The topological polar surface area (TPSA) is 71.1 Å². The molecular weight excluding hydrogens is 446 g/mol. The molecule has 0 atom stereocenters. The van der Waals surface area contributed by atoms with Crippen LogP contribution in [0.1, 0.15) is 6.92 Å². The van der Waals surface area contributed by atoms with Crippen molar-refractivity contribution in [3.05, 3.63) is 58.4 Å². The first-order chi connectivity index (χ1) is 13.0. The van der Waals surface area contributed by atoms with Crippen molar-refractivity contribution in [3.63, 3.8) is 0 Å². The summed E-state index contributed by atoms with van der Waals surface area (Å²) in [5.74, 6) is 0.0441. The Bertz CT molecular complexity index is 940. The number of amides is 2. The Kier molecular flexibility index (Phi) is 6.65. The lowest BCUT2D eigenvalue weighted by atomic mass is 10.2. The van der Waals surface area contributed by atoms with Crippen LogP contribution in [0.25, 0.3) is 11.3 Å². The molecule has 2 aromatic carbocycles. The van der Waals surface area contributed by atoms with Gasteiger partial charge in [0.15, 0.2) is 4.34 Å². The minimum absolute atomic E-state index is 0.104. The summed E-state index contributed by atoms with van der Waals surface area (Å²) in [5.41, 5.74) is 3.33. The van der Waals surface area contributed by atoms with Gasteiger partial charge in [-0.3, -0.25) is 9.59 Å². The van der Waals surface area contributed by atoms with Crippen molar-refractivity contribution in [3.8, 4) is 11.3 Å². The fourth-order valence-electron chi connectivity index (χ4n) is 2.24. The molecule has 0 unspecified atom stereocenters. The summed E-state index contributed by atoms with van der Waals surface area (Å²) in [4.78, 5) is 27.7. The number of carbonyl (C=O) groups excluding carboxylic acids is 2. The molecule has 2 amide bonds. The average Bonchev–Trinajstić information content (AvgIpc) is 3.11. The van der Waals surface area contributed by atoms with Crippen molar-refractivity contribution in [2.75, 3.05) is 16.4 Å². The molecule has 0 aliphatic rings. The van der Waals surface area contributed by atoms with Gasteiger partial charge >= 0.3 is 0 Å². The number of halogens is 1. The van der Waals surface area contributed by atoms with Crippen LogP contribution in [0.5, 0.6) is 0 Å². The smallest absolute Gasteiger partial charge is 0.234 e. The van der Waals surface area contributed by atoms with Crippen molar-refractivity contribution < 1.29 is 9.59 Å². The lowest BCUT2D eigenvalue weighted by Crippen LogP contribution is -2.14. The third-order valence-corrected chi connectivity index (χ3v) is 5.99. The number of thiazole rings is 1.